The number of benzene rings is 1. The lowest BCUT2D eigenvalue weighted by atomic mass is 10.2. The Morgan fingerprint density at radius 1 is 1.19 bits per heavy atom. The van der Waals surface area contributed by atoms with E-state index in [-0.39, 0.29) is 11.8 Å². The van der Waals surface area contributed by atoms with Gasteiger partial charge in [-0.2, -0.15) is 18.2 Å². The molecule has 0 fully saturated rings. The van der Waals surface area contributed by atoms with Crippen molar-refractivity contribution in [1.82, 2.24) is 9.97 Å². The monoisotopic (exact) mass is 316 g/mol. The van der Waals surface area contributed by atoms with Crippen LogP contribution in [0.4, 0.5) is 30.6 Å². The summed E-state index contributed by atoms with van der Waals surface area (Å²) in [4.78, 5) is 7.35. The molecule has 0 saturated heterocycles. The fourth-order valence-corrected chi connectivity index (χ4v) is 1.82. The summed E-state index contributed by atoms with van der Waals surface area (Å²) in [5.41, 5.74) is 0.276. The first-order valence-electron chi connectivity index (χ1n) is 5.97. The molecule has 8 heteroatoms. The largest absolute Gasteiger partial charge is 0.433 e. The number of nitrogens with one attached hydrogen (secondary N) is 2. The number of anilines is 3. The molecule has 2 rings (SSSR count). The Kier molecular flexibility index (Phi) is 4.22. The molecule has 21 heavy (non-hydrogen) atoms. The first kappa shape index (κ1) is 15.4. The zero-order valence-corrected chi connectivity index (χ0v) is 12.0. The van der Waals surface area contributed by atoms with Crippen LogP contribution in [0.25, 0.3) is 0 Å². The van der Waals surface area contributed by atoms with Gasteiger partial charge in [0, 0.05) is 23.8 Å². The predicted molar refractivity (Wildman–Crippen MR) is 76.1 cm³/mol. The van der Waals surface area contributed by atoms with Crippen molar-refractivity contribution in [1.29, 1.82) is 0 Å². The summed E-state index contributed by atoms with van der Waals surface area (Å²) < 4.78 is 38.4. The molecule has 0 amide bonds. The van der Waals surface area contributed by atoms with Gasteiger partial charge in [-0.15, -0.1) is 0 Å². The fourth-order valence-electron chi connectivity index (χ4n) is 1.65. The molecule has 2 aromatic rings. The van der Waals surface area contributed by atoms with E-state index in [9.17, 15) is 13.2 Å². The molecule has 0 aliphatic rings. The minimum Gasteiger partial charge on any atom is -0.357 e. The number of alkyl halides is 3. The lowest BCUT2D eigenvalue weighted by molar-refractivity contribution is -0.141. The van der Waals surface area contributed by atoms with Crippen LogP contribution in [-0.4, -0.2) is 17.0 Å². The van der Waals surface area contributed by atoms with Crippen molar-refractivity contribution >= 4 is 29.1 Å². The van der Waals surface area contributed by atoms with Gasteiger partial charge in [-0.05, 0) is 24.6 Å². The average molecular weight is 317 g/mol. The van der Waals surface area contributed by atoms with Crippen LogP contribution < -0.4 is 10.6 Å². The van der Waals surface area contributed by atoms with E-state index in [1.54, 1.807) is 25.1 Å². The van der Waals surface area contributed by atoms with Crippen molar-refractivity contribution in [2.24, 2.45) is 0 Å². The van der Waals surface area contributed by atoms with Crippen LogP contribution >= 0.6 is 11.6 Å². The van der Waals surface area contributed by atoms with Gasteiger partial charge in [0.05, 0.1) is 0 Å². The van der Waals surface area contributed by atoms with Crippen molar-refractivity contribution in [2.45, 2.75) is 13.1 Å². The molecule has 0 radical (unpaired) electrons. The van der Waals surface area contributed by atoms with Crippen LogP contribution in [0.2, 0.25) is 5.02 Å². The minimum atomic E-state index is -4.55. The fraction of sp³-hybridized carbons (Fsp3) is 0.231. The Morgan fingerprint density at radius 2 is 1.90 bits per heavy atom. The Bertz CT molecular complexity index is 658. The van der Waals surface area contributed by atoms with Crippen molar-refractivity contribution in [3.63, 3.8) is 0 Å². The normalized spacial score (nSPS) is 11.3. The third-order valence-electron chi connectivity index (χ3n) is 2.77. The highest BCUT2D eigenvalue weighted by Crippen LogP contribution is 2.31. The average Bonchev–Trinajstić information content (AvgIpc) is 2.42. The molecule has 1 aromatic carbocycles. The van der Waals surface area contributed by atoms with Crippen LogP contribution in [0.3, 0.4) is 0 Å². The van der Waals surface area contributed by atoms with Crippen LogP contribution in [0.1, 0.15) is 11.3 Å². The van der Waals surface area contributed by atoms with Gasteiger partial charge in [-0.3, -0.25) is 0 Å². The predicted octanol–water partition coefficient (Wildman–Crippen LogP) is 4.24. The highest BCUT2D eigenvalue weighted by atomic mass is 35.5. The van der Waals surface area contributed by atoms with Gasteiger partial charge >= 0.3 is 6.18 Å². The van der Waals surface area contributed by atoms with E-state index in [1.165, 1.54) is 7.05 Å². The van der Waals surface area contributed by atoms with E-state index < -0.39 is 11.9 Å². The number of aromatic nitrogens is 2. The Morgan fingerprint density at radius 3 is 2.52 bits per heavy atom. The van der Waals surface area contributed by atoms with Crippen LogP contribution in [0.15, 0.2) is 24.3 Å². The number of hydrogen-bond acceptors (Lipinski definition) is 4. The smallest absolute Gasteiger partial charge is 0.357 e. The molecule has 4 nitrogen and oxygen atoms in total. The number of rotatable bonds is 3. The second-order valence-corrected chi connectivity index (χ2v) is 4.65. The van der Waals surface area contributed by atoms with E-state index >= 15 is 0 Å². The van der Waals surface area contributed by atoms with Gasteiger partial charge in [0.25, 0.3) is 0 Å². The van der Waals surface area contributed by atoms with Crippen LogP contribution in [0.5, 0.6) is 0 Å². The Labute approximate surface area is 124 Å². The summed E-state index contributed by atoms with van der Waals surface area (Å²) >= 11 is 5.98. The molecule has 0 aliphatic carbocycles. The van der Waals surface area contributed by atoms with E-state index in [2.05, 4.69) is 20.6 Å². The molecule has 0 spiro atoms. The maximum Gasteiger partial charge on any atom is 0.433 e. The van der Waals surface area contributed by atoms with Gasteiger partial charge in [-0.1, -0.05) is 17.7 Å². The maximum atomic E-state index is 12.8. The van der Waals surface area contributed by atoms with Gasteiger partial charge in [-0.25, -0.2) is 4.98 Å². The number of halogens is 4. The van der Waals surface area contributed by atoms with E-state index in [4.69, 9.17) is 11.6 Å². The van der Waals surface area contributed by atoms with Crippen molar-refractivity contribution in [3.05, 3.63) is 40.5 Å². The van der Waals surface area contributed by atoms with Gasteiger partial charge in [0.1, 0.15) is 5.82 Å². The number of hydrogen-bond donors (Lipinski definition) is 2. The lowest BCUT2D eigenvalue weighted by Crippen LogP contribution is -2.12. The summed E-state index contributed by atoms with van der Waals surface area (Å²) in [6, 6.07) is 5.95. The summed E-state index contributed by atoms with van der Waals surface area (Å²) in [7, 11) is 1.45. The van der Waals surface area contributed by atoms with E-state index in [0.29, 0.717) is 10.7 Å². The van der Waals surface area contributed by atoms with Crippen molar-refractivity contribution in [2.75, 3.05) is 17.7 Å². The first-order chi connectivity index (χ1) is 9.81. The molecule has 1 aromatic heterocycles. The number of nitrogens with zero attached hydrogens (tertiary/aromatic N) is 2. The van der Waals surface area contributed by atoms with E-state index in [1.807, 2.05) is 0 Å². The Hall–Kier alpha value is -2.02. The van der Waals surface area contributed by atoms with Crippen LogP contribution in [-0.2, 0) is 6.18 Å². The summed E-state index contributed by atoms with van der Waals surface area (Å²) in [6.07, 6.45) is -4.55. The molecule has 1 heterocycles. The third kappa shape index (κ3) is 3.55. The summed E-state index contributed by atoms with van der Waals surface area (Å²) in [5, 5.41) is 5.84. The standard InChI is InChI=1S/C13H12ClF3N4/c1-7-8(14)4-3-5-9(7)19-11-6-10(13(15,16)17)20-12(18-2)21-11/h3-6H,1-2H3,(H2,18,19,20,21). The first-order valence-corrected chi connectivity index (χ1v) is 6.35. The van der Waals surface area contributed by atoms with E-state index in [0.717, 1.165) is 11.6 Å². The van der Waals surface area contributed by atoms with Crippen molar-refractivity contribution < 1.29 is 13.2 Å². The lowest BCUT2D eigenvalue weighted by Gasteiger charge is -2.13. The zero-order chi connectivity index (χ0) is 15.6. The molecule has 2 N–H and O–H groups in total. The SMILES string of the molecule is CNc1nc(Nc2cccc(Cl)c2C)cc(C(F)(F)F)n1. The second-order valence-electron chi connectivity index (χ2n) is 4.25. The third-order valence-corrected chi connectivity index (χ3v) is 3.18. The molecule has 0 bridgehead atoms. The second kappa shape index (κ2) is 5.77. The minimum absolute atomic E-state index is 0.0343. The van der Waals surface area contributed by atoms with Gasteiger partial charge in [0.2, 0.25) is 5.95 Å². The molecule has 0 aliphatic heterocycles. The molecule has 0 unspecified atom stereocenters. The topological polar surface area (TPSA) is 49.8 Å². The quantitative estimate of drug-likeness (QED) is 0.889. The molecule has 112 valence electrons. The molecule has 0 saturated carbocycles. The molecule has 0 atom stereocenters. The highest BCUT2D eigenvalue weighted by Gasteiger charge is 2.33. The Balaban J connectivity index is 2.42. The van der Waals surface area contributed by atoms with Gasteiger partial charge < -0.3 is 10.6 Å². The van der Waals surface area contributed by atoms with Crippen molar-refractivity contribution in [3.8, 4) is 0 Å². The molecular weight excluding hydrogens is 305 g/mol. The van der Waals surface area contributed by atoms with Crippen LogP contribution in [0, 0.1) is 6.92 Å². The van der Waals surface area contributed by atoms with Gasteiger partial charge in [0.15, 0.2) is 5.69 Å². The molecular formula is C13H12ClF3N4. The maximum absolute atomic E-state index is 12.8. The zero-order valence-electron chi connectivity index (χ0n) is 11.2. The summed E-state index contributed by atoms with van der Waals surface area (Å²) in [6.45, 7) is 1.76. The summed E-state index contributed by atoms with van der Waals surface area (Å²) in [5.74, 6) is -0.0842. The highest BCUT2D eigenvalue weighted by molar-refractivity contribution is 6.31.